The number of carbonyl (C=O) groups is 3. The number of pyridine rings is 1. The van der Waals surface area contributed by atoms with E-state index in [1.54, 1.807) is 17.0 Å². The molecule has 1 aromatic carbocycles. The number of aromatic nitrogens is 1. The quantitative estimate of drug-likeness (QED) is 0.606. The summed E-state index contributed by atoms with van der Waals surface area (Å²) in [5.41, 5.74) is -0.157. The van der Waals surface area contributed by atoms with Crippen molar-refractivity contribution in [3.8, 4) is 0 Å². The summed E-state index contributed by atoms with van der Waals surface area (Å²) in [5, 5.41) is 2.52. The summed E-state index contributed by atoms with van der Waals surface area (Å²) >= 11 is 3.28. The Kier molecular flexibility index (Phi) is 6.63. The fraction of sp³-hybridized carbons (Fsp3) is 0.300. The van der Waals surface area contributed by atoms with Crippen LogP contribution in [0.15, 0.2) is 34.8 Å². The average Bonchev–Trinajstić information content (AvgIpc) is 3.02. The van der Waals surface area contributed by atoms with Gasteiger partial charge in [-0.05, 0) is 52.2 Å². The Hall–Kier alpha value is -2.95. The van der Waals surface area contributed by atoms with Crippen LogP contribution in [-0.2, 0) is 22.3 Å². The minimum Gasteiger partial charge on any atom is -0.469 e. The summed E-state index contributed by atoms with van der Waals surface area (Å²) in [7, 11) is 1.29. The van der Waals surface area contributed by atoms with Crippen LogP contribution in [0.5, 0.6) is 0 Å². The molecule has 7 nitrogen and oxygen atoms in total. The molecule has 1 aliphatic heterocycles. The highest BCUT2D eigenvalue weighted by atomic mass is 79.9. The summed E-state index contributed by atoms with van der Waals surface area (Å²) in [5.74, 6) is -1.39. The van der Waals surface area contributed by atoms with Gasteiger partial charge in [0.15, 0.2) is 0 Å². The molecule has 31 heavy (non-hydrogen) atoms. The van der Waals surface area contributed by atoms with Crippen molar-refractivity contribution in [2.45, 2.75) is 25.6 Å². The molecule has 0 bridgehead atoms. The highest BCUT2D eigenvalue weighted by Crippen LogP contribution is 2.33. The molecule has 0 radical (unpaired) electrons. The molecule has 0 fully saturated rings. The Morgan fingerprint density at radius 1 is 1.29 bits per heavy atom. The van der Waals surface area contributed by atoms with Gasteiger partial charge in [0.2, 0.25) is 0 Å². The maximum atomic E-state index is 12.8. The molecule has 1 aliphatic rings. The third kappa shape index (κ3) is 5.22. The van der Waals surface area contributed by atoms with Crippen molar-refractivity contribution < 1.29 is 32.3 Å². The number of anilines is 1. The first kappa shape index (κ1) is 22.7. The predicted molar refractivity (Wildman–Crippen MR) is 107 cm³/mol. The number of nitrogens with zero attached hydrogens (tertiary/aromatic N) is 2. The van der Waals surface area contributed by atoms with Gasteiger partial charge in [0, 0.05) is 29.5 Å². The largest absolute Gasteiger partial charge is 0.469 e. The van der Waals surface area contributed by atoms with Gasteiger partial charge in [-0.25, -0.2) is 4.98 Å². The highest BCUT2D eigenvalue weighted by molar-refractivity contribution is 9.10. The van der Waals surface area contributed by atoms with Crippen molar-refractivity contribution in [1.82, 2.24) is 9.88 Å². The fourth-order valence-corrected chi connectivity index (χ4v) is 3.54. The number of nitrogens with one attached hydrogen (secondary N) is 1. The van der Waals surface area contributed by atoms with Gasteiger partial charge in [-0.15, -0.1) is 0 Å². The van der Waals surface area contributed by atoms with E-state index in [2.05, 4.69) is 31.0 Å². The van der Waals surface area contributed by atoms with Crippen LogP contribution < -0.4 is 5.32 Å². The maximum Gasteiger partial charge on any atom is 0.433 e. The first-order valence-electron chi connectivity index (χ1n) is 9.14. The van der Waals surface area contributed by atoms with Crippen LogP contribution in [0.1, 0.15) is 44.9 Å². The van der Waals surface area contributed by atoms with Crippen molar-refractivity contribution >= 4 is 39.4 Å². The van der Waals surface area contributed by atoms with Gasteiger partial charge >= 0.3 is 12.1 Å². The number of hydrogen-bond donors (Lipinski definition) is 1. The zero-order chi connectivity index (χ0) is 22.8. The van der Waals surface area contributed by atoms with Gasteiger partial charge in [0.05, 0.1) is 12.8 Å². The fourth-order valence-electron chi connectivity index (χ4n) is 3.09. The number of benzene rings is 1. The second kappa shape index (κ2) is 9.04. The van der Waals surface area contributed by atoms with Crippen molar-refractivity contribution in [3.05, 3.63) is 57.3 Å². The van der Waals surface area contributed by atoms with Crippen molar-refractivity contribution in [2.75, 3.05) is 19.0 Å². The topological polar surface area (TPSA) is 88.6 Å². The Morgan fingerprint density at radius 3 is 2.71 bits per heavy atom. The molecule has 3 rings (SSSR count). The molecule has 0 aliphatic carbocycles. The van der Waals surface area contributed by atoms with Crippen molar-refractivity contribution in [1.29, 1.82) is 0 Å². The molecular weight excluding hydrogens is 483 g/mol. The first-order chi connectivity index (χ1) is 14.6. The second-order valence-corrected chi connectivity index (χ2v) is 7.61. The van der Waals surface area contributed by atoms with Crippen LogP contribution in [0.4, 0.5) is 18.9 Å². The number of rotatable bonds is 6. The molecular formula is C20H17BrF3N3O4. The number of esters is 1. The minimum atomic E-state index is -4.66. The molecule has 2 heterocycles. The molecule has 1 aromatic heterocycles. The summed E-state index contributed by atoms with van der Waals surface area (Å²) in [6, 6.07) is 6.20. The molecule has 0 spiro atoms. The first-order valence-corrected chi connectivity index (χ1v) is 9.93. The van der Waals surface area contributed by atoms with Crippen LogP contribution in [0, 0.1) is 0 Å². The standard InChI is InChI=1S/C20H17BrF3N3O4/c1-31-17(28)6-3-7-27-10-11-8-15(13(21)9-12(11)19(27)30)26-18(29)14-4-2-5-16(25-14)20(22,23)24/h2,4-5,8-9H,3,6-7,10H2,1H3,(H,26,29). The highest BCUT2D eigenvalue weighted by Gasteiger charge is 2.33. The maximum absolute atomic E-state index is 12.8. The molecule has 0 saturated carbocycles. The van der Waals surface area contributed by atoms with Gasteiger partial charge in [-0.1, -0.05) is 6.07 Å². The molecule has 0 unspecified atom stereocenters. The normalized spacial score (nSPS) is 13.2. The Labute approximate surface area is 183 Å². The lowest BCUT2D eigenvalue weighted by molar-refractivity contribution is -0.141. The van der Waals surface area contributed by atoms with Crippen LogP contribution >= 0.6 is 15.9 Å². The van der Waals surface area contributed by atoms with Crippen molar-refractivity contribution in [2.24, 2.45) is 0 Å². The SMILES string of the molecule is COC(=O)CCCN1Cc2cc(NC(=O)c3cccc(C(F)(F)F)n3)c(Br)cc2C1=O. The van der Waals surface area contributed by atoms with Crippen LogP contribution in [0.2, 0.25) is 0 Å². The van der Waals surface area contributed by atoms with E-state index in [-0.39, 0.29) is 30.5 Å². The molecule has 1 N–H and O–H groups in total. The number of ether oxygens (including phenoxy) is 1. The molecule has 11 heteroatoms. The summed E-state index contributed by atoms with van der Waals surface area (Å²) in [4.78, 5) is 41.2. The number of amides is 2. The lowest BCUT2D eigenvalue weighted by Crippen LogP contribution is -2.25. The van der Waals surface area contributed by atoms with E-state index in [0.29, 0.717) is 34.3 Å². The van der Waals surface area contributed by atoms with Crippen LogP contribution in [-0.4, -0.2) is 41.3 Å². The van der Waals surface area contributed by atoms with E-state index in [1.807, 2.05) is 0 Å². The average molecular weight is 500 g/mol. The third-order valence-electron chi connectivity index (χ3n) is 4.63. The predicted octanol–water partition coefficient (Wildman–Crippen LogP) is 4.02. The van der Waals surface area contributed by atoms with Gasteiger partial charge < -0.3 is 15.0 Å². The van der Waals surface area contributed by atoms with Crippen molar-refractivity contribution in [3.63, 3.8) is 0 Å². The smallest absolute Gasteiger partial charge is 0.433 e. The number of alkyl halides is 3. The summed E-state index contributed by atoms with van der Waals surface area (Å²) in [6.45, 7) is 0.642. The van der Waals surface area contributed by atoms with Crippen LogP contribution in [0.3, 0.4) is 0 Å². The number of hydrogen-bond acceptors (Lipinski definition) is 5. The number of halogens is 4. The van der Waals surface area contributed by atoms with E-state index >= 15 is 0 Å². The zero-order valence-electron chi connectivity index (χ0n) is 16.3. The Morgan fingerprint density at radius 2 is 2.03 bits per heavy atom. The minimum absolute atomic E-state index is 0.186. The monoisotopic (exact) mass is 499 g/mol. The molecule has 0 atom stereocenters. The van der Waals surface area contributed by atoms with E-state index in [0.717, 1.165) is 12.1 Å². The lowest BCUT2D eigenvalue weighted by atomic mass is 10.1. The van der Waals surface area contributed by atoms with Gasteiger partial charge in [0.1, 0.15) is 11.4 Å². The molecule has 2 amide bonds. The molecule has 2 aromatic rings. The van der Waals surface area contributed by atoms with Gasteiger partial charge in [0.25, 0.3) is 11.8 Å². The van der Waals surface area contributed by atoms with E-state index in [1.165, 1.54) is 13.2 Å². The lowest BCUT2D eigenvalue weighted by Gasteiger charge is -2.14. The van der Waals surface area contributed by atoms with Crippen LogP contribution in [0.25, 0.3) is 0 Å². The third-order valence-corrected chi connectivity index (χ3v) is 5.28. The molecule has 164 valence electrons. The Bertz CT molecular complexity index is 1040. The van der Waals surface area contributed by atoms with E-state index < -0.39 is 17.8 Å². The zero-order valence-corrected chi connectivity index (χ0v) is 17.8. The number of carbonyl (C=O) groups excluding carboxylic acids is 3. The molecule has 0 saturated heterocycles. The van der Waals surface area contributed by atoms with E-state index in [4.69, 9.17) is 0 Å². The number of fused-ring (bicyclic) bond motifs is 1. The summed E-state index contributed by atoms with van der Waals surface area (Å²) in [6.07, 6.45) is -4.04. The van der Waals surface area contributed by atoms with Gasteiger partial charge in [-0.3, -0.25) is 14.4 Å². The van der Waals surface area contributed by atoms with Gasteiger partial charge in [-0.2, -0.15) is 13.2 Å². The number of methoxy groups -OCH3 is 1. The Balaban J connectivity index is 1.73. The van der Waals surface area contributed by atoms with E-state index in [9.17, 15) is 27.6 Å². The summed E-state index contributed by atoms with van der Waals surface area (Å²) < 4.78 is 43.5. The second-order valence-electron chi connectivity index (χ2n) is 6.76.